The molecule has 15 rings (SSSR count). The van der Waals surface area contributed by atoms with Crippen molar-refractivity contribution < 1.29 is 4.42 Å². The van der Waals surface area contributed by atoms with Gasteiger partial charge in [-0.3, -0.25) is 0 Å². The van der Waals surface area contributed by atoms with Crippen LogP contribution in [0, 0.1) is 13.8 Å². The van der Waals surface area contributed by atoms with Crippen LogP contribution in [0.3, 0.4) is 0 Å². The lowest BCUT2D eigenvalue weighted by Crippen LogP contribution is -2.28. The Hall–Kier alpha value is -9.18. The van der Waals surface area contributed by atoms with Crippen LogP contribution in [0.2, 0.25) is 0 Å². The number of fused-ring (bicyclic) bond motifs is 12. The fourth-order valence-electron chi connectivity index (χ4n) is 13.4. The summed E-state index contributed by atoms with van der Waals surface area (Å²) in [6.45, 7) is 9.17. The van der Waals surface area contributed by atoms with Crippen molar-refractivity contribution >= 4 is 60.8 Å². The second-order valence-electron chi connectivity index (χ2n) is 21.4. The number of para-hydroxylation sites is 2. The fourth-order valence-corrected chi connectivity index (χ4v) is 13.4. The second-order valence-corrected chi connectivity index (χ2v) is 21.4. The van der Waals surface area contributed by atoms with Gasteiger partial charge in [-0.15, -0.1) is 0 Å². The largest absolute Gasteiger partial charge is 0.456 e. The van der Waals surface area contributed by atoms with E-state index in [0.29, 0.717) is 0 Å². The average molecular weight is 961 g/mol. The minimum absolute atomic E-state index is 0.195. The third kappa shape index (κ3) is 6.34. The summed E-state index contributed by atoms with van der Waals surface area (Å²) in [5.41, 5.74) is 25.8. The van der Waals surface area contributed by atoms with Gasteiger partial charge in [0, 0.05) is 49.7 Å². The first kappa shape index (κ1) is 43.4. The third-order valence-corrected chi connectivity index (χ3v) is 16.7. The van der Waals surface area contributed by atoms with E-state index in [1.54, 1.807) is 0 Å². The number of aryl methyl sites for hydroxylation is 2. The fraction of sp³-hybridized carbons (Fsp3) is 0.0833. The van der Waals surface area contributed by atoms with Crippen molar-refractivity contribution in [2.75, 3.05) is 4.90 Å². The van der Waals surface area contributed by atoms with Gasteiger partial charge >= 0.3 is 0 Å². The van der Waals surface area contributed by atoms with Gasteiger partial charge in [0.2, 0.25) is 0 Å². The van der Waals surface area contributed by atoms with Gasteiger partial charge in [0.25, 0.3) is 0 Å². The maximum Gasteiger partial charge on any atom is 0.135 e. The van der Waals surface area contributed by atoms with Gasteiger partial charge in [-0.05, 0) is 159 Å². The minimum Gasteiger partial charge on any atom is -0.456 e. The molecule has 0 atom stereocenters. The summed E-state index contributed by atoms with van der Waals surface area (Å²) in [5, 5.41) is 4.60. The highest BCUT2D eigenvalue weighted by Crippen LogP contribution is 2.58. The second kappa shape index (κ2) is 16.2. The van der Waals surface area contributed by atoms with Crippen molar-refractivity contribution in [3.8, 4) is 39.1 Å². The Kier molecular flexibility index (Phi) is 9.35. The van der Waals surface area contributed by atoms with Crippen LogP contribution in [0.1, 0.15) is 58.4 Å². The smallest absolute Gasteiger partial charge is 0.135 e. The van der Waals surface area contributed by atoms with Crippen LogP contribution in [0.25, 0.3) is 82.8 Å². The number of anilines is 3. The molecule has 3 heteroatoms. The number of furan rings is 1. The molecule has 0 amide bonds. The number of hydrogen-bond acceptors (Lipinski definition) is 2. The van der Waals surface area contributed by atoms with Crippen LogP contribution < -0.4 is 4.90 Å². The Bertz CT molecular complexity index is 4420. The Morgan fingerprint density at radius 1 is 0.360 bits per heavy atom. The molecule has 2 aliphatic carbocycles. The molecule has 0 radical (unpaired) electrons. The number of aromatic nitrogens is 1. The highest BCUT2D eigenvalue weighted by atomic mass is 16.3. The summed E-state index contributed by atoms with van der Waals surface area (Å²) in [4.78, 5) is 2.46. The van der Waals surface area contributed by atoms with Crippen LogP contribution in [0.5, 0.6) is 0 Å². The summed E-state index contributed by atoms with van der Waals surface area (Å²) in [7, 11) is 0. The lowest BCUT2D eigenvalue weighted by Gasteiger charge is -2.35. The van der Waals surface area contributed by atoms with Crippen LogP contribution >= 0.6 is 0 Å². The molecule has 0 unspecified atom stereocenters. The molecule has 13 aromatic rings. The van der Waals surface area contributed by atoms with E-state index in [1.807, 2.05) is 6.07 Å². The Morgan fingerprint density at radius 2 is 0.907 bits per heavy atom. The van der Waals surface area contributed by atoms with E-state index in [2.05, 4.69) is 274 Å². The summed E-state index contributed by atoms with van der Waals surface area (Å²) >= 11 is 0. The molecule has 0 spiro atoms. The van der Waals surface area contributed by atoms with Crippen molar-refractivity contribution in [1.29, 1.82) is 0 Å². The first-order valence-electron chi connectivity index (χ1n) is 26.2. The number of nitrogens with zero attached hydrogens (tertiary/aromatic N) is 2. The maximum absolute atomic E-state index is 6.44. The van der Waals surface area contributed by atoms with E-state index in [4.69, 9.17) is 4.42 Å². The van der Waals surface area contributed by atoms with Gasteiger partial charge in [0.05, 0.1) is 16.4 Å². The monoisotopic (exact) mass is 960 g/mol. The van der Waals surface area contributed by atoms with Crippen molar-refractivity contribution in [2.45, 2.75) is 38.5 Å². The lowest BCUT2D eigenvalue weighted by molar-refractivity contribution is 0.660. The van der Waals surface area contributed by atoms with E-state index in [0.717, 1.165) is 50.2 Å². The Balaban J connectivity index is 0.922. The van der Waals surface area contributed by atoms with Gasteiger partial charge in [0.1, 0.15) is 11.2 Å². The Labute approximate surface area is 437 Å². The zero-order valence-corrected chi connectivity index (χ0v) is 42.4. The quantitative estimate of drug-likeness (QED) is 0.159. The number of hydrogen-bond donors (Lipinski definition) is 0. The highest BCUT2D eigenvalue weighted by molar-refractivity contribution is 6.11. The molecule has 2 heterocycles. The van der Waals surface area contributed by atoms with Gasteiger partial charge < -0.3 is 13.9 Å². The first-order chi connectivity index (χ1) is 36.7. The summed E-state index contributed by atoms with van der Waals surface area (Å²) in [5.74, 6) is 0. The van der Waals surface area contributed by atoms with E-state index < -0.39 is 5.41 Å². The molecule has 0 fully saturated rings. The van der Waals surface area contributed by atoms with Crippen molar-refractivity contribution in [1.82, 2.24) is 4.57 Å². The average Bonchev–Trinajstić information content (AvgIpc) is 4.15. The van der Waals surface area contributed by atoms with Crippen LogP contribution in [-0.2, 0) is 10.8 Å². The molecule has 356 valence electrons. The Morgan fingerprint density at radius 3 is 1.68 bits per heavy atom. The van der Waals surface area contributed by atoms with Gasteiger partial charge in [-0.1, -0.05) is 189 Å². The van der Waals surface area contributed by atoms with E-state index in [1.165, 1.54) is 94.2 Å². The molecule has 0 N–H and O–H groups in total. The molecule has 0 saturated heterocycles. The molecule has 0 bridgehead atoms. The number of rotatable bonds is 7. The maximum atomic E-state index is 6.44. The molecule has 75 heavy (non-hydrogen) atoms. The lowest BCUT2D eigenvalue weighted by atomic mass is 9.67. The highest BCUT2D eigenvalue weighted by Gasteiger charge is 2.46. The minimum atomic E-state index is -0.549. The predicted molar refractivity (Wildman–Crippen MR) is 313 cm³/mol. The standard InChI is InChI=1S/C72H52N2O/c1-45-37-46(2)39-48(38-45)47-27-32-56-57-33-29-54(43-65(57)71(3,4)64(56)40-47)74-67-25-15-12-22-59(67)61-41-51(30-35-68(61)74)73(52-31-36-70-62(42-52)60-23-13-16-26-69(60)75-70)53-28-34-58-55-21-11-14-24-63(55)72(66(58)44-53,49-17-7-5-8-18-49)50-19-9-6-10-20-50/h5-44H,1-4H3. The zero-order chi connectivity index (χ0) is 50.2. The van der Waals surface area contributed by atoms with Gasteiger partial charge in [-0.25, -0.2) is 0 Å². The zero-order valence-electron chi connectivity index (χ0n) is 42.4. The molecule has 2 aromatic heterocycles. The van der Waals surface area contributed by atoms with Gasteiger partial charge in [-0.2, -0.15) is 0 Å². The van der Waals surface area contributed by atoms with Crippen LogP contribution in [-0.4, -0.2) is 4.57 Å². The summed E-state index contributed by atoms with van der Waals surface area (Å²) < 4.78 is 8.92. The molecular formula is C72H52N2O. The number of benzene rings is 11. The van der Waals surface area contributed by atoms with E-state index >= 15 is 0 Å². The third-order valence-electron chi connectivity index (χ3n) is 16.7. The SMILES string of the molecule is Cc1cc(C)cc(-c2ccc3c(c2)C(C)(C)c2cc(-n4c5ccccc5c5cc(N(c6ccc7c(c6)C(c6ccccc6)(c6ccccc6)c6ccccc6-7)c6ccc7oc8ccccc8c7c6)ccc54)ccc2-3)c1. The topological polar surface area (TPSA) is 21.3 Å². The molecular weight excluding hydrogens is 909 g/mol. The van der Waals surface area contributed by atoms with Crippen molar-refractivity contribution in [2.24, 2.45) is 0 Å². The van der Waals surface area contributed by atoms with Crippen molar-refractivity contribution in [3.63, 3.8) is 0 Å². The van der Waals surface area contributed by atoms with Crippen molar-refractivity contribution in [3.05, 3.63) is 287 Å². The first-order valence-corrected chi connectivity index (χ1v) is 26.2. The van der Waals surface area contributed by atoms with Crippen LogP contribution in [0.4, 0.5) is 17.1 Å². The molecule has 0 aliphatic heterocycles. The normalized spacial score (nSPS) is 13.8. The molecule has 2 aliphatic rings. The summed E-state index contributed by atoms with van der Waals surface area (Å²) in [6.07, 6.45) is 0. The van der Waals surface area contributed by atoms with Gasteiger partial charge in [0.15, 0.2) is 0 Å². The molecule has 3 nitrogen and oxygen atoms in total. The predicted octanol–water partition coefficient (Wildman–Crippen LogP) is 19.1. The van der Waals surface area contributed by atoms with Crippen LogP contribution in [0.15, 0.2) is 247 Å². The van der Waals surface area contributed by atoms with E-state index in [-0.39, 0.29) is 5.41 Å². The van der Waals surface area contributed by atoms with E-state index in [9.17, 15) is 0 Å². The molecule has 0 saturated carbocycles. The summed E-state index contributed by atoms with van der Waals surface area (Å²) in [6, 6.07) is 90.4. The molecule has 11 aromatic carbocycles.